The van der Waals surface area contributed by atoms with Crippen LogP contribution in [0.2, 0.25) is 0 Å². The zero-order valence-corrected chi connectivity index (χ0v) is 14.4. The molecule has 2 aromatic rings. The van der Waals surface area contributed by atoms with Gasteiger partial charge in [0.15, 0.2) is 0 Å². The van der Waals surface area contributed by atoms with Crippen LogP contribution < -0.4 is 4.74 Å². The van der Waals surface area contributed by atoms with E-state index in [2.05, 4.69) is 6.58 Å². The highest BCUT2D eigenvalue weighted by atomic mass is 16.5. The van der Waals surface area contributed by atoms with Crippen molar-refractivity contribution in [2.45, 2.75) is 32.8 Å². The molecular formula is C21H24O3. The van der Waals surface area contributed by atoms with Crippen LogP contribution in [0.5, 0.6) is 5.75 Å². The van der Waals surface area contributed by atoms with E-state index in [4.69, 9.17) is 4.74 Å². The van der Waals surface area contributed by atoms with Crippen molar-refractivity contribution >= 4 is 5.97 Å². The SMILES string of the molecule is C=C[C@@H](c1ccccc1)[C@H](O)c1ccc(OC(=O)C(C)(C)C)cc1. The Bertz CT molecular complexity index is 681. The molecule has 0 aromatic heterocycles. The molecule has 0 saturated heterocycles. The van der Waals surface area contributed by atoms with Gasteiger partial charge in [-0.25, -0.2) is 0 Å². The highest BCUT2D eigenvalue weighted by Gasteiger charge is 2.24. The number of carbonyl (C=O) groups is 1. The highest BCUT2D eigenvalue weighted by molar-refractivity contribution is 5.77. The van der Waals surface area contributed by atoms with Crippen molar-refractivity contribution in [3.05, 3.63) is 78.4 Å². The van der Waals surface area contributed by atoms with Crippen molar-refractivity contribution in [3.63, 3.8) is 0 Å². The van der Waals surface area contributed by atoms with Gasteiger partial charge in [0.1, 0.15) is 5.75 Å². The summed E-state index contributed by atoms with van der Waals surface area (Å²) in [5, 5.41) is 10.7. The van der Waals surface area contributed by atoms with E-state index in [1.54, 1.807) is 30.3 Å². The molecule has 0 aliphatic carbocycles. The standard InChI is InChI=1S/C21H24O3/c1-5-18(15-9-7-6-8-10-15)19(22)16-11-13-17(14-12-16)24-20(23)21(2,3)4/h5-14,18-19,22H,1H2,2-4H3/t18-,19+/m0/s1. The van der Waals surface area contributed by atoms with Gasteiger partial charge in [-0.2, -0.15) is 0 Å². The summed E-state index contributed by atoms with van der Waals surface area (Å²) in [6, 6.07) is 16.7. The van der Waals surface area contributed by atoms with Crippen LogP contribution in [0.4, 0.5) is 0 Å². The third kappa shape index (κ3) is 4.33. The topological polar surface area (TPSA) is 46.5 Å². The van der Waals surface area contributed by atoms with E-state index in [0.717, 1.165) is 11.1 Å². The number of hydrogen-bond donors (Lipinski definition) is 1. The molecule has 0 bridgehead atoms. The zero-order valence-electron chi connectivity index (χ0n) is 14.4. The first kappa shape index (κ1) is 18.0. The molecule has 1 N–H and O–H groups in total. The van der Waals surface area contributed by atoms with Crippen molar-refractivity contribution in [2.24, 2.45) is 5.41 Å². The molecule has 0 amide bonds. The number of hydrogen-bond acceptors (Lipinski definition) is 3. The Morgan fingerprint density at radius 1 is 1.04 bits per heavy atom. The average Bonchev–Trinajstić information content (AvgIpc) is 2.56. The van der Waals surface area contributed by atoms with Crippen LogP contribution in [-0.4, -0.2) is 11.1 Å². The number of ether oxygens (including phenoxy) is 1. The van der Waals surface area contributed by atoms with Crippen LogP contribution in [-0.2, 0) is 4.79 Å². The van der Waals surface area contributed by atoms with E-state index >= 15 is 0 Å². The molecule has 2 atom stereocenters. The molecule has 3 heteroatoms. The summed E-state index contributed by atoms with van der Waals surface area (Å²) in [7, 11) is 0. The molecule has 0 heterocycles. The van der Waals surface area contributed by atoms with Gasteiger partial charge in [-0.05, 0) is 44.0 Å². The van der Waals surface area contributed by atoms with Crippen LogP contribution in [0, 0.1) is 5.41 Å². The van der Waals surface area contributed by atoms with E-state index in [1.165, 1.54) is 0 Å². The molecule has 0 fully saturated rings. The van der Waals surface area contributed by atoms with Crippen molar-refractivity contribution in [2.75, 3.05) is 0 Å². The Morgan fingerprint density at radius 3 is 2.12 bits per heavy atom. The summed E-state index contributed by atoms with van der Waals surface area (Å²) in [4.78, 5) is 11.9. The summed E-state index contributed by atoms with van der Waals surface area (Å²) in [5.41, 5.74) is 1.20. The molecule has 0 aliphatic heterocycles. The quantitative estimate of drug-likeness (QED) is 0.495. The first-order valence-corrected chi connectivity index (χ1v) is 8.00. The molecule has 2 aromatic carbocycles. The van der Waals surface area contributed by atoms with Gasteiger partial charge in [0.25, 0.3) is 0 Å². The van der Waals surface area contributed by atoms with Gasteiger partial charge in [-0.15, -0.1) is 6.58 Å². The summed E-state index contributed by atoms with van der Waals surface area (Å²) in [6.07, 6.45) is 1.03. The maximum absolute atomic E-state index is 11.9. The van der Waals surface area contributed by atoms with Crippen LogP contribution in [0.3, 0.4) is 0 Å². The summed E-state index contributed by atoms with van der Waals surface area (Å²) < 4.78 is 5.34. The van der Waals surface area contributed by atoms with Gasteiger partial charge < -0.3 is 9.84 Å². The average molecular weight is 324 g/mol. The molecule has 0 saturated carbocycles. The molecule has 0 unspecified atom stereocenters. The predicted molar refractivity (Wildman–Crippen MR) is 95.9 cm³/mol. The minimum atomic E-state index is -0.711. The third-order valence-electron chi connectivity index (χ3n) is 3.82. The van der Waals surface area contributed by atoms with Crippen LogP contribution in [0.25, 0.3) is 0 Å². The van der Waals surface area contributed by atoms with Gasteiger partial charge >= 0.3 is 5.97 Å². The fraction of sp³-hybridized carbons (Fsp3) is 0.286. The number of esters is 1. The normalized spacial score (nSPS) is 13.8. The number of benzene rings is 2. The number of aliphatic hydroxyl groups excluding tert-OH is 1. The van der Waals surface area contributed by atoms with Crippen molar-refractivity contribution in [3.8, 4) is 5.75 Å². The van der Waals surface area contributed by atoms with E-state index in [0.29, 0.717) is 5.75 Å². The third-order valence-corrected chi connectivity index (χ3v) is 3.82. The second-order valence-electron chi connectivity index (χ2n) is 6.83. The van der Waals surface area contributed by atoms with Crippen molar-refractivity contribution in [1.82, 2.24) is 0 Å². The van der Waals surface area contributed by atoms with Crippen LogP contribution >= 0.6 is 0 Å². The number of carbonyl (C=O) groups excluding carboxylic acids is 1. The number of aliphatic hydroxyl groups is 1. The second-order valence-corrected chi connectivity index (χ2v) is 6.83. The fourth-order valence-corrected chi connectivity index (χ4v) is 2.32. The predicted octanol–water partition coefficient (Wildman–Crippen LogP) is 4.64. The Morgan fingerprint density at radius 2 is 1.62 bits per heavy atom. The second kappa shape index (κ2) is 7.45. The number of rotatable bonds is 5. The van der Waals surface area contributed by atoms with E-state index in [-0.39, 0.29) is 11.9 Å². The van der Waals surface area contributed by atoms with E-state index in [9.17, 15) is 9.90 Å². The minimum absolute atomic E-state index is 0.200. The van der Waals surface area contributed by atoms with Crippen LogP contribution in [0.15, 0.2) is 67.3 Å². The lowest BCUT2D eigenvalue weighted by Gasteiger charge is -2.21. The molecule has 0 spiro atoms. The molecule has 126 valence electrons. The van der Waals surface area contributed by atoms with Crippen LogP contribution in [0.1, 0.15) is 43.9 Å². The van der Waals surface area contributed by atoms with Gasteiger partial charge in [0, 0.05) is 5.92 Å². The monoisotopic (exact) mass is 324 g/mol. The fourth-order valence-electron chi connectivity index (χ4n) is 2.32. The summed E-state index contributed by atoms with van der Waals surface area (Å²) in [6.45, 7) is 9.26. The first-order valence-electron chi connectivity index (χ1n) is 8.00. The van der Waals surface area contributed by atoms with E-state index in [1.807, 2.05) is 51.1 Å². The molecule has 3 nitrogen and oxygen atoms in total. The van der Waals surface area contributed by atoms with Gasteiger partial charge in [-0.3, -0.25) is 4.79 Å². The minimum Gasteiger partial charge on any atom is -0.426 e. The summed E-state index contributed by atoms with van der Waals surface area (Å²) in [5.74, 6) is -0.0148. The van der Waals surface area contributed by atoms with E-state index < -0.39 is 11.5 Å². The van der Waals surface area contributed by atoms with Gasteiger partial charge in [0.2, 0.25) is 0 Å². The highest BCUT2D eigenvalue weighted by Crippen LogP contribution is 2.32. The molecule has 2 rings (SSSR count). The maximum Gasteiger partial charge on any atom is 0.316 e. The molecule has 24 heavy (non-hydrogen) atoms. The Labute approximate surface area is 143 Å². The Hall–Kier alpha value is -2.39. The first-order chi connectivity index (χ1) is 11.3. The van der Waals surface area contributed by atoms with Gasteiger partial charge in [0.05, 0.1) is 11.5 Å². The zero-order chi connectivity index (χ0) is 17.7. The largest absolute Gasteiger partial charge is 0.426 e. The lowest BCUT2D eigenvalue weighted by Crippen LogP contribution is -2.25. The Balaban J connectivity index is 2.15. The molecular weight excluding hydrogens is 300 g/mol. The Kier molecular flexibility index (Phi) is 5.58. The van der Waals surface area contributed by atoms with Crippen molar-refractivity contribution in [1.29, 1.82) is 0 Å². The smallest absolute Gasteiger partial charge is 0.316 e. The maximum atomic E-state index is 11.9. The molecule has 0 aliphatic rings. The summed E-state index contributed by atoms with van der Waals surface area (Å²) >= 11 is 0. The molecule has 0 radical (unpaired) electrons. The lowest BCUT2D eigenvalue weighted by molar-refractivity contribution is -0.142. The van der Waals surface area contributed by atoms with Gasteiger partial charge in [-0.1, -0.05) is 48.5 Å². The lowest BCUT2D eigenvalue weighted by atomic mass is 9.89. The van der Waals surface area contributed by atoms with Crippen molar-refractivity contribution < 1.29 is 14.6 Å².